The molecule has 0 radical (unpaired) electrons. The number of benzene rings is 1. The zero-order valence-electron chi connectivity index (χ0n) is 14.9. The number of aromatic nitrogens is 4. The summed E-state index contributed by atoms with van der Waals surface area (Å²) >= 11 is 0. The van der Waals surface area contributed by atoms with Crippen molar-refractivity contribution in [3.05, 3.63) is 41.7 Å². The third kappa shape index (κ3) is 2.73. The van der Waals surface area contributed by atoms with E-state index >= 15 is 0 Å². The highest BCUT2D eigenvalue weighted by atomic mass is 16.5. The van der Waals surface area contributed by atoms with E-state index in [0.717, 1.165) is 5.56 Å². The first kappa shape index (κ1) is 16.8. The topological polar surface area (TPSA) is 106 Å². The maximum absolute atomic E-state index is 11.2. The third-order valence-corrected chi connectivity index (χ3v) is 4.48. The Morgan fingerprint density at radius 1 is 1.41 bits per heavy atom. The molecule has 8 nitrogen and oxygen atoms in total. The minimum Gasteiger partial charge on any atom is -0.491 e. The van der Waals surface area contributed by atoms with Gasteiger partial charge in [-0.15, -0.1) is 0 Å². The lowest BCUT2D eigenvalue weighted by Gasteiger charge is -2.09. The van der Waals surface area contributed by atoms with Gasteiger partial charge in [0.1, 0.15) is 35.6 Å². The molecule has 0 atom stereocenters. The van der Waals surface area contributed by atoms with Gasteiger partial charge >= 0.3 is 5.97 Å². The lowest BCUT2D eigenvalue weighted by molar-refractivity contribution is 0.0696. The van der Waals surface area contributed by atoms with Crippen LogP contribution in [0, 0.1) is 11.3 Å². The number of hydrogen-bond acceptors (Lipinski definition) is 5. The Bertz CT molecular complexity index is 1090. The summed E-state index contributed by atoms with van der Waals surface area (Å²) in [5, 5.41) is 23.0. The van der Waals surface area contributed by atoms with E-state index in [1.807, 2.05) is 24.6 Å². The fourth-order valence-corrected chi connectivity index (χ4v) is 3.22. The van der Waals surface area contributed by atoms with Crippen molar-refractivity contribution in [1.29, 1.82) is 5.26 Å². The Labute approximate surface area is 155 Å². The van der Waals surface area contributed by atoms with Gasteiger partial charge in [-0.3, -0.25) is 4.68 Å². The summed E-state index contributed by atoms with van der Waals surface area (Å²) in [6.07, 6.45) is 3.44. The number of carboxylic acid groups (broad SMARTS) is 1. The summed E-state index contributed by atoms with van der Waals surface area (Å²) in [5.74, 6) is 0.160. The molecule has 1 aliphatic rings. The molecule has 1 aliphatic heterocycles. The number of nitrogens with zero attached hydrogens (tertiary/aromatic N) is 5. The highest BCUT2D eigenvalue weighted by Gasteiger charge is 2.23. The van der Waals surface area contributed by atoms with Gasteiger partial charge in [-0.05, 0) is 32.0 Å². The molecule has 0 unspecified atom stereocenters. The molecule has 2 aromatic heterocycles. The number of imidazole rings is 1. The van der Waals surface area contributed by atoms with Crippen molar-refractivity contribution in [3.63, 3.8) is 0 Å². The van der Waals surface area contributed by atoms with E-state index < -0.39 is 5.97 Å². The first-order valence-electron chi connectivity index (χ1n) is 8.55. The number of nitriles is 1. The summed E-state index contributed by atoms with van der Waals surface area (Å²) in [5.41, 5.74) is 2.69. The minimum atomic E-state index is -1.01. The molecule has 136 valence electrons. The largest absolute Gasteiger partial charge is 0.491 e. The molecule has 4 rings (SSSR count). The Balaban J connectivity index is 1.88. The molecule has 3 heterocycles. The van der Waals surface area contributed by atoms with Gasteiger partial charge in [0.15, 0.2) is 0 Å². The summed E-state index contributed by atoms with van der Waals surface area (Å²) in [4.78, 5) is 16.0. The van der Waals surface area contributed by atoms with Crippen LogP contribution in [0.1, 0.15) is 35.8 Å². The van der Waals surface area contributed by atoms with Crippen molar-refractivity contribution < 1.29 is 14.6 Å². The van der Waals surface area contributed by atoms with Crippen molar-refractivity contribution in [1.82, 2.24) is 19.3 Å². The number of rotatable bonds is 3. The summed E-state index contributed by atoms with van der Waals surface area (Å²) in [6.45, 7) is 4.95. The molecular weight excluding hydrogens is 346 g/mol. The zero-order chi connectivity index (χ0) is 19.1. The Morgan fingerprint density at radius 3 is 2.93 bits per heavy atom. The molecule has 3 aromatic rings. The van der Waals surface area contributed by atoms with Gasteiger partial charge in [-0.2, -0.15) is 10.4 Å². The van der Waals surface area contributed by atoms with Crippen LogP contribution >= 0.6 is 0 Å². The van der Waals surface area contributed by atoms with Crippen molar-refractivity contribution >= 4 is 5.97 Å². The van der Waals surface area contributed by atoms with Crippen LogP contribution in [0.15, 0.2) is 30.6 Å². The van der Waals surface area contributed by atoms with Gasteiger partial charge in [0, 0.05) is 12.2 Å². The quantitative estimate of drug-likeness (QED) is 0.767. The fraction of sp³-hybridized carbons (Fsp3) is 0.263. The summed E-state index contributed by atoms with van der Waals surface area (Å²) in [6, 6.07) is 7.02. The van der Waals surface area contributed by atoms with Gasteiger partial charge in [-0.25, -0.2) is 9.78 Å². The van der Waals surface area contributed by atoms with Gasteiger partial charge < -0.3 is 14.4 Å². The standard InChI is InChI=1S/C19H17N5O3/c1-11(2)24-17(13(8-20)9-21-24)15-10-23-5-6-27-16-7-12(19(25)26)3-4-14(16)18(23)22-15/h3-4,7,9-11H,5-6H2,1-2H3,(H,25,26). The highest BCUT2D eigenvalue weighted by Crippen LogP contribution is 2.35. The molecule has 27 heavy (non-hydrogen) atoms. The Kier molecular flexibility index (Phi) is 3.92. The molecule has 8 heteroatoms. The first-order chi connectivity index (χ1) is 13.0. The fourth-order valence-electron chi connectivity index (χ4n) is 3.22. The first-order valence-corrected chi connectivity index (χ1v) is 8.55. The molecule has 0 amide bonds. The van der Waals surface area contributed by atoms with E-state index in [4.69, 9.17) is 9.72 Å². The van der Waals surface area contributed by atoms with Gasteiger partial charge in [-0.1, -0.05) is 0 Å². The van der Waals surface area contributed by atoms with Crippen LogP contribution in [0.2, 0.25) is 0 Å². The van der Waals surface area contributed by atoms with Crippen molar-refractivity contribution in [3.8, 4) is 34.6 Å². The average molecular weight is 363 g/mol. The van der Waals surface area contributed by atoms with Crippen molar-refractivity contribution in [2.75, 3.05) is 6.61 Å². The number of aromatic carboxylic acids is 1. The van der Waals surface area contributed by atoms with Crippen molar-refractivity contribution in [2.45, 2.75) is 26.4 Å². The van der Waals surface area contributed by atoms with Gasteiger partial charge in [0.2, 0.25) is 0 Å². The van der Waals surface area contributed by atoms with E-state index in [1.165, 1.54) is 12.1 Å². The second-order valence-electron chi connectivity index (χ2n) is 6.56. The van der Waals surface area contributed by atoms with E-state index in [1.54, 1.807) is 16.9 Å². The highest BCUT2D eigenvalue weighted by molar-refractivity contribution is 5.89. The van der Waals surface area contributed by atoms with Crippen LogP contribution in [0.4, 0.5) is 0 Å². The van der Waals surface area contributed by atoms with Crippen LogP contribution in [-0.2, 0) is 6.54 Å². The summed E-state index contributed by atoms with van der Waals surface area (Å²) < 4.78 is 9.47. The van der Waals surface area contributed by atoms with E-state index in [0.29, 0.717) is 41.7 Å². The predicted octanol–water partition coefficient (Wildman–Crippen LogP) is 2.96. The molecule has 1 N–H and O–H groups in total. The zero-order valence-corrected chi connectivity index (χ0v) is 14.9. The maximum Gasteiger partial charge on any atom is 0.335 e. The number of ether oxygens (including phenoxy) is 1. The van der Waals surface area contributed by atoms with Crippen LogP contribution in [-0.4, -0.2) is 37.0 Å². The molecule has 0 aliphatic carbocycles. The molecule has 0 spiro atoms. The number of hydrogen-bond donors (Lipinski definition) is 1. The second-order valence-corrected chi connectivity index (χ2v) is 6.56. The molecule has 0 saturated carbocycles. The smallest absolute Gasteiger partial charge is 0.335 e. The van der Waals surface area contributed by atoms with Crippen molar-refractivity contribution in [2.24, 2.45) is 0 Å². The lowest BCUT2D eigenvalue weighted by atomic mass is 10.1. The van der Waals surface area contributed by atoms with E-state index in [-0.39, 0.29) is 11.6 Å². The number of carbonyl (C=O) groups is 1. The molecule has 0 fully saturated rings. The Morgan fingerprint density at radius 2 is 2.22 bits per heavy atom. The summed E-state index contributed by atoms with van der Waals surface area (Å²) in [7, 11) is 0. The second kappa shape index (κ2) is 6.29. The average Bonchev–Trinajstić information content (AvgIpc) is 3.21. The van der Waals surface area contributed by atoms with E-state index in [9.17, 15) is 15.2 Å². The van der Waals surface area contributed by atoms with Crippen LogP contribution < -0.4 is 4.74 Å². The number of carboxylic acids is 1. The molecular formula is C19H17N5O3. The monoisotopic (exact) mass is 363 g/mol. The molecule has 1 aromatic carbocycles. The maximum atomic E-state index is 11.2. The number of fused-ring (bicyclic) bond motifs is 3. The van der Waals surface area contributed by atoms with Gasteiger partial charge in [0.05, 0.1) is 29.4 Å². The third-order valence-electron chi connectivity index (χ3n) is 4.48. The predicted molar refractivity (Wildman–Crippen MR) is 96.4 cm³/mol. The van der Waals surface area contributed by atoms with Crippen LogP contribution in [0.3, 0.4) is 0 Å². The normalized spacial score (nSPS) is 12.7. The van der Waals surface area contributed by atoms with E-state index in [2.05, 4.69) is 11.2 Å². The Hall–Kier alpha value is -3.60. The molecule has 0 saturated heterocycles. The van der Waals surface area contributed by atoms with Crippen LogP contribution in [0.25, 0.3) is 22.8 Å². The SMILES string of the molecule is CC(C)n1ncc(C#N)c1-c1cn2c(n1)-c1ccc(C(=O)O)cc1OCC2. The minimum absolute atomic E-state index is 0.0809. The van der Waals surface area contributed by atoms with Gasteiger partial charge in [0.25, 0.3) is 0 Å². The lowest BCUT2D eigenvalue weighted by Crippen LogP contribution is -2.06. The van der Waals surface area contributed by atoms with Crippen LogP contribution in [0.5, 0.6) is 5.75 Å². The molecule has 0 bridgehead atoms.